The van der Waals surface area contributed by atoms with Crippen molar-refractivity contribution >= 4 is 76.6 Å². The Bertz CT molecular complexity index is 2860. The van der Waals surface area contributed by atoms with Crippen LogP contribution in [0.3, 0.4) is 0 Å². The van der Waals surface area contributed by atoms with Gasteiger partial charge in [0, 0.05) is 72.7 Å². The number of carbonyl (C=O) groups excluding carboxylic acids is 11. The number of aryl methyl sites for hydroxylation is 1. The van der Waals surface area contributed by atoms with E-state index < -0.39 is 150 Å². The van der Waals surface area contributed by atoms with Crippen molar-refractivity contribution in [3.8, 4) is 0 Å². The van der Waals surface area contributed by atoms with Crippen molar-refractivity contribution < 1.29 is 65.9 Å². The molecule has 2 heterocycles. The Balaban J connectivity index is 1.80. The molecule has 2 aromatic carbocycles. The molecule has 0 aromatic heterocycles. The third kappa shape index (κ3) is 20.9. The number of hydrogen-bond donors (Lipinski definition) is 4. The first-order chi connectivity index (χ1) is 41.4. The number of benzene rings is 2. The summed E-state index contributed by atoms with van der Waals surface area (Å²) in [5.74, 6) is -8.14. The van der Waals surface area contributed by atoms with Crippen molar-refractivity contribution in [1.29, 1.82) is 0 Å². The van der Waals surface area contributed by atoms with E-state index in [-0.39, 0.29) is 63.3 Å². The maximum Gasteiger partial charge on any atom is 0.416 e. The summed E-state index contributed by atoms with van der Waals surface area (Å²) in [4.78, 5) is 166. The summed E-state index contributed by atoms with van der Waals surface area (Å²) in [6, 6.07) is 2.71. The Hall–Kier alpha value is -7.31. The highest BCUT2D eigenvalue weighted by molar-refractivity contribution is 6.30. The van der Waals surface area contributed by atoms with Crippen LogP contribution in [0, 0.1) is 17.8 Å². The van der Waals surface area contributed by atoms with Gasteiger partial charge in [0.15, 0.2) is 0 Å². The van der Waals surface area contributed by atoms with Gasteiger partial charge in [0.2, 0.25) is 65.0 Å². The quantitative estimate of drug-likeness (QED) is 0.247. The van der Waals surface area contributed by atoms with Gasteiger partial charge in [-0.1, -0.05) is 83.8 Å². The molecule has 0 saturated carbocycles. The predicted octanol–water partition coefficient (Wildman–Crippen LogP) is 4.29. The van der Waals surface area contributed by atoms with Crippen molar-refractivity contribution in [2.45, 2.75) is 174 Å². The second-order valence-corrected chi connectivity index (χ2v) is 25.8. The fourth-order valence-electron chi connectivity index (χ4n) is 10.9. The first-order valence-corrected chi connectivity index (χ1v) is 30.7. The van der Waals surface area contributed by atoms with Crippen LogP contribution in [0.15, 0.2) is 48.5 Å². The first kappa shape index (κ1) is 74.2. The van der Waals surface area contributed by atoms with Gasteiger partial charge in [-0.3, -0.25) is 52.7 Å². The normalized spacial score (nSPS) is 24.4. The molecule has 2 aliphatic rings. The van der Waals surface area contributed by atoms with Crippen LogP contribution in [0.1, 0.15) is 124 Å². The lowest BCUT2D eigenvalue weighted by molar-refractivity contribution is -0.148. The van der Waals surface area contributed by atoms with Crippen LogP contribution in [0.5, 0.6) is 0 Å². The van der Waals surface area contributed by atoms with Crippen LogP contribution in [0.4, 0.5) is 13.2 Å². The van der Waals surface area contributed by atoms with Crippen molar-refractivity contribution in [2.75, 3.05) is 68.5 Å². The number of nitrogens with zero attached hydrogens (tertiary/aromatic N) is 7. The summed E-state index contributed by atoms with van der Waals surface area (Å²) in [6.07, 6.45) is -3.92. The molecule has 2 fully saturated rings. The minimum Gasteiger partial charge on any atom is -0.351 e. The molecule has 2 aromatic rings. The molecule has 1 unspecified atom stereocenters. The number of carbonyl (C=O) groups is 11. The number of hydrogen-bond acceptors (Lipinski definition) is 11. The summed E-state index contributed by atoms with van der Waals surface area (Å²) in [5.41, 5.74) is -1.63. The molecule has 494 valence electrons. The van der Waals surface area contributed by atoms with E-state index in [1.54, 1.807) is 38.1 Å². The highest BCUT2D eigenvalue weighted by Crippen LogP contribution is 2.30. The minimum absolute atomic E-state index is 0.0192. The summed E-state index contributed by atoms with van der Waals surface area (Å²) >= 11 is 6.19. The maximum absolute atomic E-state index is 14.8. The van der Waals surface area contributed by atoms with E-state index in [1.165, 1.54) is 83.0 Å². The summed E-state index contributed by atoms with van der Waals surface area (Å²) < 4.78 is 40.6. The molecular weight excluding hydrogens is 1180 g/mol. The largest absolute Gasteiger partial charge is 0.416 e. The molecule has 11 amide bonds. The van der Waals surface area contributed by atoms with Crippen LogP contribution in [0.2, 0.25) is 5.02 Å². The van der Waals surface area contributed by atoms with Gasteiger partial charge in [-0.15, -0.1) is 0 Å². The number of alkyl halides is 3. The standard InChI is InChI=1S/C63H93ClF3N11O11/c1-16-39(6)54-60(88)74(12)35-52(81)72(10)36-53(82)76(14)49(33-42-21-26-44(64)27-22-42)59(87)73(11)34-50(79)69-45(28-23-41-19-24-43(25-20-41)63(65,66)67)58(86)78-29-17-18-46(78)57(85)71-62(8,9)61(89)77(15)48(31-38(4)5)55(83)68-40(7)32-51(80)75(13)47(30-37(2)3)56(84)70-54/h19-22,24-27,37-40,45-49,54H,16-18,23,28-36H2,1-15H3,(H,68,83)(H,69,79)(H,70,84)(H,71,85)/t39?,40-,45+,46+,47+,48+,49+,54+/m1/s1. The molecule has 4 N–H and O–H groups in total. The SMILES string of the molecule is CCC(C)[C@@H]1NC(=O)[C@H](CC(C)C)N(C)C(=O)C[C@@H](C)NC(=O)[C@H](CC(C)C)N(C)C(=O)C(C)(C)NC(=O)[C@@H]2CCCN2C(=O)[C@H](CCc2ccc(C(F)(F)F)cc2)NC(=O)CN(C)C(=O)[C@H](Cc2ccc(Cl)cc2)N(C)C(=O)CN(C)C(=O)CN(C)C1=O. The zero-order valence-corrected chi connectivity index (χ0v) is 55.0. The Kier molecular flexibility index (Phi) is 27.0. The van der Waals surface area contributed by atoms with E-state index in [0.717, 1.165) is 31.7 Å². The molecule has 2 saturated heterocycles. The van der Waals surface area contributed by atoms with E-state index in [4.69, 9.17) is 11.6 Å². The highest BCUT2D eigenvalue weighted by atomic mass is 35.5. The lowest BCUT2D eigenvalue weighted by Gasteiger charge is -2.37. The number of rotatable bonds is 11. The maximum atomic E-state index is 14.8. The second-order valence-electron chi connectivity index (χ2n) is 25.3. The van der Waals surface area contributed by atoms with Crippen molar-refractivity contribution in [3.63, 3.8) is 0 Å². The molecule has 22 nitrogen and oxygen atoms in total. The van der Waals surface area contributed by atoms with Gasteiger partial charge in [0.1, 0.15) is 41.8 Å². The van der Waals surface area contributed by atoms with E-state index in [2.05, 4.69) is 21.3 Å². The Morgan fingerprint density at radius 2 is 1.15 bits per heavy atom. The van der Waals surface area contributed by atoms with Gasteiger partial charge in [-0.25, -0.2) is 0 Å². The number of halogens is 4. The molecule has 2 aliphatic heterocycles. The van der Waals surface area contributed by atoms with Gasteiger partial charge < -0.3 is 55.6 Å². The van der Waals surface area contributed by atoms with Crippen molar-refractivity contribution in [3.05, 3.63) is 70.2 Å². The molecule has 0 spiro atoms. The van der Waals surface area contributed by atoms with Crippen LogP contribution in [-0.2, 0) is 71.8 Å². The summed E-state index contributed by atoms with van der Waals surface area (Å²) in [6.45, 7) is 13.8. The second kappa shape index (κ2) is 32.4. The fraction of sp³-hybridized carbons (Fsp3) is 0.635. The van der Waals surface area contributed by atoms with E-state index >= 15 is 0 Å². The minimum atomic E-state index is -4.62. The van der Waals surface area contributed by atoms with Gasteiger partial charge in [0.05, 0.1) is 25.2 Å². The van der Waals surface area contributed by atoms with E-state index in [1.807, 2.05) is 34.6 Å². The Morgan fingerprint density at radius 3 is 1.71 bits per heavy atom. The number of fused-ring (bicyclic) bond motifs is 1. The number of amides is 11. The number of nitrogens with one attached hydrogen (secondary N) is 4. The zero-order valence-electron chi connectivity index (χ0n) is 54.2. The number of likely N-dealkylation sites (N-methyl/N-ethyl adjacent to an activating group) is 6. The molecule has 4 rings (SSSR count). The lowest BCUT2D eigenvalue weighted by atomic mass is 9.95. The lowest BCUT2D eigenvalue weighted by Crippen LogP contribution is -2.62. The predicted molar refractivity (Wildman–Crippen MR) is 329 cm³/mol. The van der Waals surface area contributed by atoms with Crippen LogP contribution < -0.4 is 21.3 Å². The van der Waals surface area contributed by atoms with Gasteiger partial charge >= 0.3 is 6.18 Å². The molecule has 26 heteroatoms. The smallest absolute Gasteiger partial charge is 0.351 e. The van der Waals surface area contributed by atoms with Crippen LogP contribution in [0.25, 0.3) is 0 Å². The Labute approximate surface area is 526 Å². The van der Waals surface area contributed by atoms with E-state index in [0.29, 0.717) is 29.0 Å². The average molecular weight is 1270 g/mol. The molecule has 8 atom stereocenters. The summed E-state index contributed by atoms with van der Waals surface area (Å²) in [7, 11) is 8.25. The molecule has 0 bridgehead atoms. The van der Waals surface area contributed by atoms with Gasteiger partial charge in [0.25, 0.3) is 0 Å². The summed E-state index contributed by atoms with van der Waals surface area (Å²) in [5, 5.41) is 11.6. The third-order valence-corrected chi connectivity index (χ3v) is 16.8. The highest BCUT2D eigenvalue weighted by Gasteiger charge is 2.44. The topological polar surface area (TPSA) is 259 Å². The van der Waals surface area contributed by atoms with Crippen LogP contribution >= 0.6 is 11.6 Å². The molecule has 0 radical (unpaired) electrons. The van der Waals surface area contributed by atoms with Crippen LogP contribution in [-0.4, -0.2) is 216 Å². The monoisotopic (exact) mass is 1270 g/mol. The zero-order chi connectivity index (χ0) is 67.2. The first-order valence-electron chi connectivity index (χ1n) is 30.3. The molecule has 89 heavy (non-hydrogen) atoms. The molecule has 0 aliphatic carbocycles. The average Bonchev–Trinajstić information content (AvgIpc) is 2.34. The van der Waals surface area contributed by atoms with Gasteiger partial charge in [-0.2, -0.15) is 13.2 Å². The third-order valence-electron chi connectivity index (χ3n) is 16.5. The van der Waals surface area contributed by atoms with Crippen molar-refractivity contribution in [1.82, 2.24) is 55.6 Å². The molecular formula is C63H93ClF3N11O11. The van der Waals surface area contributed by atoms with Gasteiger partial charge in [-0.05, 0) is 112 Å². The van der Waals surface area contributed by atoms with E-state index in [9.17, 15) is 65.9 Å². The Morgan fingerprint density at radius 1 is 0.618 bits per heavy atom. The van der Waals surface area contributed by atoms with Crippen molar-refractivity contribution in [2.24, 2.45) is 17.8 Å². The fourth-order valence-corrected chi connectivity index (χ4v) is 11.0.